The molecule has 1 fully saturated rings. The average Bonchev–Trinajstić information content (AvgIpc) is 3.24. The van der Waals surface area contributed by atoms with E-state index in [0.29, 0.717) is 24.1 Å². The normalized spacial score (nSPS) is 19.8. The van der Waals surface area contributed by atoms with Gasteiger partial charge >= 0.3 is 11.9 Å². The highest BCUT2D eigenvalue weighted by atomic mass is 32.1. The molecule has 2 heterocycles. The number of thiophene rings is 1. The van der Waals surface area contributed by atoms with Gasteiger partial charge in [-0.2, -0.15) is 8.78 Å². The lowest BCUT2D eigenvalue weighted by Crippen LogP contribution is -2.36. The molecule has 0 aromatic carbocycles. The molecule has 1 aliphatic heterocycles. The Morgan fingerprint density at radius 1 is 1.41 bits per heavy atom. The Kier molecular flexibility index (Phi) is 8.77. The summed E-state index contributed by atoms with van der Waals surface area (Å²) in [6, 6.07) is 2.76. The maximum Gasteiger partial charge on any atom is 0.348 e. The highest BCUT2D eigenvalue weighted by Gasteiger charge is 2.52. The number of esters is 1. The largest absolute Gasteiger partial charge is 0.465 e. The number of carbonyl (C=O) groups excluding carboxylic acids is 2. The number of ether oxygens (including phenoxy) is 1. The predicted molar refractivity (Wildman–Crippen MR) is 108 cm³/mol. The Balaban J connectivity index is 1.92. The van der Waals surface area contributed by atoms with Gasteiger partial charge in [0.15, 0.2) is 0 Å². The van der Waals surface area contributed by atoms with E-state index in [0.717, 1.165) is 24.1 Å². The summed E-state index contributed by atoms with van der Waals surface area (Å²) < 4.78 is 32.6. The van der Waals surface area contributed by atoms with Crippen LogP contribution in [-0.2, 0) is 16.0 Å². The molecule has 8 heteroatoms. The van der Waals surface area contributed by atoms with Crippen LogP contribution in [0.3, 0.4) is 0 Å². The number of alkyl halides is 2. The number of aryl methyl sites for hydroxylation is 1. The first-order chi connectivity index (χ1) is 13.8. The van der Waals surface area contributed by atoms with Crippen LogP contribution in [0.2, 0.25) is 0 Å². The van der Waals surface area contributed by atoms with Crippen molar-refractivity contribution in [3.63, 3.8) is 0 Å². The number of likely N-dealkylation sites (tertiary alicyclic amines) is 1. The lowest BCUT2D eigenvalue weighted by molar-refractivity contribution is -0.148. The predicted octanol–water partition coefficient (Wildman–Crippen LogP) is 4.20. The zero-order valence-electron chi connectivity index (χ0n) is 16.9. The van der Waals surface area contributed by atoms with Crippen molar-refractivity contribution < 1.29 is 28.2 Å². The fourth-order valence-corrected chi connectivity index (χ4v) is 4.33. The molecular formula is C21H29F2NO4S. The molecule has 1 aromatic rings. The van der Waals surface area contributed by atoms with Crippen LogP contribution in [0.5, 0.6) is 0 Å². The summed E-state index contributed by atoms with van der Waals surface area (Å²) >= 11 is 1.30. The second-order valence-corrected chi connectivity index (χ2v) is 8.45. The summed E-state index contributed by atoms with van der Waals surface area (Å²) in [6.07, 6.45) is 6.42. The van der Waals surface area contributed by atoms with E-state index in [1.807, 2.05) is 0 Å². The highest BCUT2D eigenvalue weighted by Crippen LogP contribution is 2.34. The number of hydrogen-bond acceptors (Lipinski definition) is 5. The Hall–Kier alpha value is -1.80. The van der Waals surface area contributed by atoms with Gasteiger partial charge in [0, 0.05) is 17.8 Å². The number of nitrogens with zero attached hydrogens (tertiary/aromatic N) is 1. The number of methoxy groups -OCH3 is 1. The number of amides is 1. The lowest BCUT2D eigenvalue weighted by atomic mass is 10.1. The number of aliphatic hydroxyl groups is 1. The van der Waals surface area contributed by atoms with E-state index in [9.17, 15) is 23.5 Å². The monoisotopic (exact) mass is 429 g/mol. The smallest absolute Gasteiger partial charge is 0.348 e. The van der Waals surface area contributed by atoms with Crippen LogP contribution in [0.15, 0.2) is 24.3 Å². The maximum atomic E-state index is 14.0. The Morgan fingerprint density at radius 2 is 2.17 bits per heavy atom. The first-order valence-corrected chi connectivity index (χ1v) is 10.8. The molecule has 0 unspecified atom stereocenters. The van der Waals surface area contributed by atoms with Gasteiger partial charge in [0.25, 0.3) is 5.91 Å². The van der Waals surface area contributed by atoms with Crippen molar-refractivity contribution in [2.24, 2.45) is 0 Å². The van der Waals surface area contributed by atoms with Gasteiger partial charge < -0.3 is 14.7 Å². The van der Waals surface area contributed by atoms with Crippen molar-refractivity contribution in [2.45, 2.75) is 69.9 Å². The molecule has 0 radical (unpaired) electrons. The van der Waals surface area contributed by atoms with E-state index in [2.05, 4.69) is 11.7 Å². The number of halogens is 2. The number of rotatable bonds is 11. The van der Waals surface area contributed by atoms with Gasteiger partial charge in [-0.1, -0.05) is 38.3 Å². The zero-order valence-corrected chi connectivity index (χ0v) is 17.7. The third-order valence-corrected chi connectivity index (χ3v) is 6.09. The van der Waals surface area contributed by atoms with E-state index in [4.69, 9.17) is 0 Å². The van der Waals surface area contributed by atoms with Gasteiger partial charge in [-0.3, -0.25) is 4.79 Å². The Morgan fingerprint density at radius 3 is 2.86 bits per heavy atom. The van der Waals surface area contributed by atoms with Crippen molar-refractivity contribution in [1.82, 2.24) is 4.90 Å². The summed E-state index contributed by atoms with van der Waals surface area (Å²) in [4.78, 5) is 26.2. The molecule has 0 aliphatic carbocycles. The molecule has 1 aliphatic rings. The third-order valence-electron chi connectivity index (χ3n) is 4.97. The van der Waals surface area contributed by atoms with Crippen LogP contribution in [0.25, 0.3) is 0 Å². The van der Waals surface area contributed by atoms with E-state index >= 15 is 0 Å². The van der Waals surface area contributed by atoms with Crippen LogP contribution < -0.4 is 0 Å². The van der Waals surface area contributed by atoms with Crippen LogP contribution in [-0.4, -0.2) is 53.6 Å². The van der Waals surface area contributed by atoms with Crippen LogP contribution in [0, 0.1) is 0 Å². The van der Waals surface area contributed by atoms with Crippen molar-refractivity contribution in [3.8, 4) is 0 Å². The second kappa shape index (κ2) is 10.8. The number of hydrogen-bond donors (Lipinski definition) is 1. The van der Waals surface area contributed by atoms with E-state index in [1.165, 1.54) is 35.5 Å². The zero-order chi connectivity index (χ0) is 21.4. The van der Waals surface area contributed by atoms with Gasteiger partial charge in [-0.25, -0.2) is 4.79 Å². The minimum Gasteiger partial charge on any atom is -0.465 e. The summed E-state index contributed by atoms with van der Waals surface area (Å²) in [7, 11) is 1.31. The van der Waals surface area contributed by atoms with Gasteiger partial charge in [0.2, 0.25) is 0 Å². The molecule has 1 saturated heterocycles. The van der Waals surface area contributed by atoms with E-state index in [-0.39, 0.29) is 6.54 Å². The molecule has 1 N–H and O–H groups in total. The molecule has 29 heavy (non-hydrogen) atoms. The molecule has 1 aromatic heterocycles. The minimum atomic E-state index is -3.37. The first kappa shape index (κ1) is 23.5. The fraction of sp³-hybridized carbons (Fsp3) is 0.619. The standard InChI is InChI=1S/C21H29F2NO4S/c1-3-4-5-7-16(25)10-9-15-14-21(22,23)20(27)24(15)13-6-8-17-11-12-18(29-17)19(26)28-2/h9-12,15-16,25H,3-8,13-14H2,1-2H3/b10-9+/t15-,16+/m0/s1. The van der Waals surface area contributed by atoms with Crippen molar-refractivity contribution >= 4 is 23.2 Å². The lowest BCUT2D eigenvalue weighted by Gasteiger charge is -2.21. The molecule has 5 nitrogen and oxygen atoms in total. The van der Waals surface area contributed by atoms with Crippen molar-refractivity contribution in [1.29, 1.82) is 0 Å². The summed E-state index contributed by atoms with van der Waals surface area (Å²) in [5.74, 6) is -4.93. The Bertz CT molecular complexity index is 719. The highest BCUT2D eigenvalue weighted by molar-refractivity contribution is 7.13. The number of unbranched alkanes of at least 4 members (excludes halogenated alkanes) is 2. The molecule has 0 spiro atoms. The van der Waals surface area contributed by atoms with Gasteiger partial charge in [-0.15, -0.1) is 11.3 Å². The van der Waals surface area contributed by atoms with Gasteiger partial charge in [0.05, 0.1) is 19.3 Å². The summed E-state index contributed by atoms with van der Waals surface area (Å²) in [5, 5.41) is 10.00. The molecule has 0 bridgehead atoms. The van der Waals surface area contributed by atoms with Gasteiger partial charge in [0.1, 0.15) is 4.88 Å². The fourth-order valence-electron chi connectivity index (χ4n) is 3.36. The van der Waals surface area contributed by atoms with Crippen LogP contribution >= 0.6 is 11.3 Å². The SMILES string of the molecule is CCCCC[C@@H](O)/C=C/[C@H]1CC(F)(F)C(=O)N1CCCc1ccc(C(=O)OC)s1. The molecule has 1 amide bonds. The van der Waals surface area contributed by atoms with Crippen molar-refractivity contribution in [3.05, 3.63) is 34.0 Å². The third kappa shape index (κ3) is 6.60. The molecular weight excluding hydrogens is 400 g/mol. The van der Waals surface area contributed by atoms with Gasteiger partial charge in [-0.05, 0) is 31.4 Å². The summed E-state index contributed by atoms with van der Waals surface area (Å²) in [6.45, 7) is 2.26. The average molecular weight is 430 g/mol. The maximum absolute atomic E-state index is 14.0. The summed E-state index contributed by atoms with van der Waals surface area (Å²) in [5.41, 5.74) is 0. The van der Waals surface area contributed by atoms with Crippen LogP contribution in [0.4, 0.5) is 8.78 Å². The van der Waals surface area contributed by atoms with E-state index in [1.54, 1.807) is 12.1 Å². The topological polar surface area (TPSA) is 66.8 Å². The minimum absolute atomic E-state index is 0.195. The molecule has 0 saturated carbocycles. The molecule has 162 valence electrons. The Labute approximate surface area is 174 Å². The number of aliphatic hydroxyl groups excluding tert-OH is 1. The quantitative estimate of drug-likeness (QED) is 0.325. The van der Waals surface area contributed by atoms with Crippen LogP contribution in [0.1, 0.15) is 60.0 Å². The molecule has 2 rings (SSSR count). The van der Waals surface area contributed by atoms with E-state index < -0.39 is 36.4 Å². The van der Waals surface area contributed by atoms with Crippen molar-refractivity contribution in [2.75, 3.05) is 13.7 Å². The molecule has 2 atom stereocenters. The number of carbonyl (C=O) groups is 2. The first-order valence-electron chi connectivity index (χ1n) is 10.0. The second-order valence-electron chi connectivity index (χ2n) is 7.28.